The third kappa shape index (κ3) is 5.49. The lowest BCUT2D eigenvalue weighted by atomic mass is 9.87. The highest BCUT2D eigenvalue weighted by Gasteiger charge is 2.20. The van der Waals surface area contributed by atoms with E-state index >= 15 is 0 Å². The summed E-state index contributed by atoms with van der Waals surface area (Å²) in [6.45, 7) is 1.57. The predicted molar refractivity (Wildman–Crippen MR) is 143 cm³/mol. The van der Waals surface area contributed by atoms with E-state index in [9.17, 15) is 10.1 Å². The number of fused-ring (bicyclic) bond motifs is 1. The van der Waals surface area contributed by atoms with Crippen molar-refractivity contribution in [3.63, 3.8) is 0 Å². The van der Waals surface area contributed by atoms with Gasteiger partial charge < -0.3 is 9.47 Å². The molecule has 0 spiro atoms. The first-order valence-electron chi connectivity index (χ1n) is 13.0. The second kappa shape index (κ2) is 11.2. The molecule has 0 atom stereocenters. The maximum absolute atomic E-state index is 13.4. The van der Waals surface area contributed by atoms with E-state index in [-0.39, 0.29) is 12.5 Å². The van der Waals surface area contributed by atoms with E-state index < -0.39 is 0 Å². The number of benzene rings is 3. The smallest absolute Gasteiger partial charge is 0.242 e. The van der Waals surface area contributed by atoms with E-state index in [1.165, 1.54) is 32.1 Å². The molecule has 1 amide bonds. The summed E-state index contributed by atoms with van der Waals surface area (Å²) in [6.07, 6.45) is 12.8. The van der Waals surface area contributed by atoms with Crippen LogP contribution >= 0.6 is 0 Å². The van der Waals surface area contributed by atoms with Gasteiger partial charge in [0.15, 0.2) is 0 Å². The van der Waals surface area contributed by atoms with Gasteiger partial charge in [0.25, 0.3) is 0 Å². The summed E-state index contributed by atoms with van der Waals surface area (Å²) >= 11 is 0. The van der Waals surface area contributed by atoms with Crippen molar-refractivity contribution in [2.24, 2.45) is 5.92 Å². The van der Waals surface area contributed by atoms with Gasteiger partial charge in [-0.05, 0) is 46.4 Å². The van der Waals surface area contributed by atoms with Gasteiger partial charge in [0.2, 0.25) is 5.91 Å². The molecule has 1 aromatic heterocycles. The van der Waals surface area contributed by atoms with Crippen LogP contribution in [0.1, 0.15) is 49.7 Å². The van der Waals surface area contributed by atoms with Gasteiger partial charge in [0, 0.05) is 31.0 Å². The SMILES string of the molecule is N#Cc1ccc(CN(CCC2CCCCC2)C(=O)Cn2ccnc2)cc1-c1cccc2ccccc12. The molecule has 1 aliphatic carbocycles. The van der Waals surface area contributed by atoms with Crippen molar-refractivity contribution in [3.05, 3.63) is 90.5 Å². The average molecular weight is 477 g/mol. The van der Waals surface area contributed by atoms with Gasteiger partial charge in [-0.2, -0.15) is 5.26 Å². The molecule has 0 N–H and O–H groups in total. The van der Waals surface area contributed by atoms with E-state index in [1.807, 2.05) is 46.0 Å². The van der Waals surface area contributed by atoms with Crippen LogP contribution in [0.2, 0.25) is 0 Å². The molecule has 1 aliphatic rings. The molecular weight excluding hydrogens is 444 g/mol. The van der Waals surface area contributed by atoms with Crippen LogP contribution in [0.15, 0.2) is 79.4 Å². The minimum Gasteiger partial charge on any atom is -0.337 e. The van der Waals surface area contributed by atoms with E-state index in [1.54, 1.807) is 12.5 Å². The van der Waals surface area contributed by atoms with Crippen LogP contribution in [0.5, 0.6) is 0 Å². The predicted octanol–water partition coefficient (Wildman–Crippen LogP) is 6.57. The van der Waals surface area contributed by atoms with Crippen molar-refractivity contribution in [1.29, 1.82) is 5.26 Å². The number of nitriles is 1. The lowest BCUT2D eigenvalue weighted by Crippen LogP contribution is -2.35. The Hall–Kier alpha value is -3.91. The average Bonchev–Trinajstić information content (AvgIpc) is 3.44. The Labute approximate surface area is 213 Å². The van der Waals surface area contributed by atoms with Crippen molar-refractivity contribution >= 4 is 16.7 Å². The Morgan fingerprint density at radius 1 is 1.03 bits per heavy atom. The highest BCUT2D eigenvalue weighted by Crippen LogP contribution is 2.32. The third-order valence-corrected chi connectivity index (χ3v) is 7.42. The first-order chi connectivity index (χ1) is 17.7. The maximum atomic E-state index is 13.4. The van der Waals surface area contributed by atoms with Crippen molar-refractivity contribution in [2.45, 2.75) is 51.6 Å². The molecule has 1 saturated carbocycles. The van der Waals surface area contributed by atoms with E-state index in [0.717, 1.165) is 40.4 Å². The van der Waals surface area contributed by atoms with Crippen molar-refractivity contribution in [2.75, 3.05) is 6.54 Å². The molecule has 0 radical (unpaired) electrons. The number of aromatic nitrogens is 2. The number of nitrogens with zero attached hydrogens (tertiary/aromatic N) is 4. The normalized spacial score (nSPS) is 14.0. The molecular formula is C31H32N4O. The van der Waals surface area contributed by atoms with Crippen molar-refractivity contribution < 1.29 is 4.79 Å². The molecule has 0 saturated heterocycles. The molecule has 1 heterocycles. The summed E-state index contributed by atoms with van der Waals surface area (Å²) in [5.41, 5.74) is 3.65. The molecule has 5 nitrogen and oxygen atoms in total. The van der Waals surface area contributed by atoms with Gasteiger partial charge in [0.05, 0.1) is 18.0 Å². The summed E-state index contributed by atoms with van der Waals surface area (Å²) in [6, 6.07) is 22.8. The summed E-state index contributed by atoms with van der Waals surface area (Å²) in [4.78, 5) is 19.4. The fraction of sp³-hybridized carbons (Fsp3) is 0.323. The molecule has 36 heavy (non-hydrogen) atoms. The quantitative estimate of drug-likeness (QED) is 0.289. The van der Waals surface area contributed by atoms with Gasteiger partial charge in [0.1, 0.15) is 6.54 Å². The summed E-state index contributed by atoms with van der Waals surface area (Å²) in [7, 11) is 0. The zero-order valence-corrected chi connectivity index (χ0v) is 20.6. The number of carbonyl (C=O) groups is 1. The number of imidazole rings is 1. The Balaban J connectivity index is 1.43. The number of rotatable bonds is 8. The van der Waals surface area contributed by atoms with E-state index in [0.29, 0.717) is 18.0 Å². The first kappa shape index (κ1) is 23.8. The van der Waals surface area contributed by atoms with Crippen molar-refractivity contribution in [1.82, 2.24) is 14.5 Å². The lowest BCUT2D eigenvalue weighted by Gasteiger charge is -2.28. The van der Waals surface area contributed by atoms with Crippen molar-refractivity contribution in [3.8, 4) is 17.2 Å². The fourth-order valence-electron chi connectivity index (χ4n) is 5.43. The van der Waals surface area contributed by atoms with Crippen LogP contribution in [0.25, 0.3) is 21.9 Å². The Morgan fingerprint density at radius 2 is 1.86 bits per heavy atom. The van der Waals surface area contributed by atoms with Gasteiger partial charge in [-0.15, -0.1) is 0 Å². The van der Waals surface area contributed by atoms with E-state index in [2.05, 4.69) is 41.4 Å². The maximum Gasteiger partial charge on any atom is 0.242 e. The summed E-state index contributed by atoms with van der Waals surface area (Å²) in [5.74, 6) is 0.800. The molecule has 0 aliphatic heterocycles. The molecule has 3 aromatic carbocycles. The van der Waals surface area contributed by atoms with Gasteiger partial charge in [-0.3, -0.25) is 4.79 Å². The molecule has 0 bridgehead atoms. The zero-order chi connectivity index (χ0) is 24.7. The van der Waals surface area contributed by atoms with E-state index in [4.69, 9.17) is 0 Å². The topological polar surface area (TPSA) is 61.9 Å². The van der Waals surface area contributed by atoms with Crippen LogP contribution in [-0.4, -0.2) is 26.9 Å². The van der Waals surface area contributed by atoms with Gasteiger partial charge in [-0.1, -0.05) is 80.6 Å². The third-order valence-electron chi connectivity index (χ3n) is 7.42. The highest BCUT2D eigenvalue weighted by molar-refractivity contribution is 5.97. The second-order valence-corrected chi connectivity index (χ2v) is 9.86. The summed E-state index contributed by atoms with van der Waals surface area (Å²) < 4.78 is 1.83. The Kier molecular flexibility index (Phi) is 7.42. The molecule has 0 unspecified atom stereocenters. The standard InChI is InChI=1S/C31H32N4O/c32-20-27-14-13-25(19-30(27)29-12-6-10-26-9-4-5-11-28(26)29)21-35(17-15-24-7-2-1-3-8-24)31(36)22-34-18-16-33-23-34/h4-6,9-14,16,18-19,23-24H,1-3,7-8,15,17,21-22H2. The zero-order valence-electron chi connectivity index (χ0n) is 20.6. The fourth-order valence-corrected chi connectivity index (χ4v) is 5.43. The molecule has 5 heteroatoms. The molecule has 1 fully saturated rings. The Morgan fingerprint density at radius 3 is 2.67 bits per heavy atom. The Bertz CT molecular complexity index is 1360. The lowest BCUT2D eigenvalue weighted by molar-refractivity contribution is -0.132. The first-order valence-corrected chi connectivity index (χ1v) is 13.0. The highest BCUT2D eigenvalue weighted by atomic mass is 16.2. The number of amides is 1. The monoisotopic (exact) mass is 476 g/mol. The van der Waals surface area contributed by atoms with Crippen LogP contribution in [0.3, 0.4) is 0 Å². The number of hydrogen-bond donors (Lipinski definition) is 0. The van der Waals surface area contributed by atoms with Crippen LogP contribution in [-0.2, 0) is 17.9 Å². The minimum atomic E-state index is 0.0971. The minimum absolute atomic E-state index is 0.0971. The molecule has 182 valence electrons. The summed E-state index contributed by atoms with van der Waals surface area (Å²) in [5, 5.41) is 12.1. The second-order valence-electron chi connectivity index (χ2n) is 9.86. The van der Waals surface area contributed by atoms with Gasteiger partial charge >= 0.3 is 0 Å². The van der Waals surface area contributed by atoms with Crippen LogP contribution in [0.4, 0.5) is 0 Å². The van der Waals surface area contributed by atoms with Crippen LogP contribution in [0, 0.1) is 17.2 Å². The number of carbonyl (C=O) groups excluding carboxylic acids is 1. The van der Waals surface area contributed by atoms with Gasteiger partial charge in [-0.25, -0.2) is 4.98 Å². The van der Waals surface area contributed by atoms with Crippen LogP contribution < -0.4 is 0 Å². The number of hydrogen-bond acceptors (Lipinski definition) is 3. The molecule has 5 rings (SSSR count). The molecule has 4 aromatic rings. The largest absolute Gasteiger partial charge is 0.337 e.